The second kappa shape index (κ2) is 9.11. The van der Waals surface area contributed by atoms with Crippen LogP contribution in [0, 0.1) is 0 Å². The third-order valence-corrected chi connectivity index (χ3v) is 5.72. The normalized spacial score (nSPS) is 16.4. The number of hydrogen-bond donors (Lipinski definition) is 1. The molecule has 0 atom stereocenters. The van der Waals surface area contributed by atoms with E-state index in [2.05, 4.69) is 5.32 Å². The third kappa shape index (κ3) is 4.87. The summed E-state index contributed by atoms with van der Waals surface area (Å²) in [6.07, 6.45) is 3.09. The van der Waals surface area contributed by atoms with Crippen molar-refractivity contribution in [1.82, 2.24) is 15.1 Å². The molecule has 156 valence electrons. The van der Waals surface area contributed by atoms with Gasteiger partial charge in [-0.1, -0.05) is 36.4 Å². The van der Waals surface area contributed by atoms with E-state index in [1.54, 1.807) is 6.07 Å². The minimum atomic E-state index is -0.135. The second-order valence-corrected chi connectivity index (χ2v) is 8.04. The van der Waals surface area contributed by atoms with E-state index in [0.29, 0.717) is 38.0 Å². The van der Waals surface area contributed by atoms with Crippen LogP contribution in [0.2, 0.25) is 0 Å². The smallest absolute Gasteiger partial charge is 0.251 e. The molecule has 2 aromatic rings. The molecule has 0 saturated carbocycles. The van der Waals surface area contributed by atoms with Crippen molar-refractivity contribution in [1.29, 1.82) is 0 Å². The molecule has 30 heavy (non-hydrogen) atoms. The molecule has 0 spiro atoms. The van der Waals surface area contributed by atoms with Crippen molar-refractivity contribution in [3.8, 4) is 0 Å². The molecule has 0 aliphatic carbocycles. The minimum Gasteiger partial charge on any atom is -0.348 e. The Hall–Kier alpha value is -3.15. The summed E-state index contributed by atoms with van der Waals surface area (Å²) in [6.45, 7) is 3.21. The molecule has 4 rings (SSSR count). The molecular formula is C24H27N3O3. The lowest BCUT2D eigenvalue weighted by Crippen LogP contribution is -2.25. The fourth-order valence-electron chi connectivity index (χ4n) is 4.12. The van der Waals surface area contributed by atoms with Crippen molar-refractivity contribution in [2.75, 3.05) is 13.1 Å². The summed E-state index contributed by atoms with van der Waals surface area (Å²) in [6, 6.07) is 15.5. The zero-order valence-electron chi connectivity index (χ0n) is 17.1. The molecular weight excluding hydrogens is 378 g/mol. The van der Waals surface area contributed by atoms with Gasteiger partial charge in [-0.05, 0) is 41.7 Å². The van der Waals surface area contributed by atoms with E-state index < -0.39 is 0 Å². The molecule has 2 saturated heterocycles. The van der Waals surface area contributed by atoms with Crippen LogP contribution in [0.4, 0.5) is 0 Å². The maximum atomic E-state index is 12.6. The van der Waals surface area contributed by atoms with Crippen molar-refractivity contribution in [2.45, 2.75) is 45.3 Å². The summed E-state index contributed by atoms with van der Waals surface area (Å²) < 4.78 is 0. The second-order valence-electron chi connectivity index (χ2n) is 8.04. The highest BCUT2D eigenvalue weighted by molar-refractivity contribution is 5.94. The summed E-state index contributed by atoms with van der Waals surface area (Å²) >= 11 is 0. The van der Waals surface area contributed by atoms with E-state index in [0.717, 1.165) is 42.6 Å². The van der Waals surface area contributed by atoms with Gasteiger partial charge in [-0.25, -0.2) is 0 Å². The Morgan fingerprint density at radius 2 is 1.37 bits per heavy atom. The van der Waals surface area contributed by atoms with E-state index in [4.69, 9.17) is 0 Å². The van der Waals surface area contributed by atoms with Gasteiger partial charge in [-0.2, -0.15) is 0 Å². The lowest BCUT2D eigenvalue weighted by Gasteiger charge is -2.16. The van der Waals surface area contributed by atoms with E-state index in [9.17, 15) is 14.4 Å². The Kier molecular flexibility index (Phi) is 6.12. The van der Waals surface area contributed by atoms with Gasteiger partial charge in [0.25, 0.3) is 5.91 Å². The summed E-state index contributed by atoms with van der Waals surface area (Å²) in [5, 5.41) is 2.97. The number of carbonyl (C=O) groups excluding carboxylic acids is 3. The quantitative estimate of drug-likeness (QED) is 0.770. The van der Waals surface area contributed by atoms with Gasteiger partial charge in [0, 0.05) is 51.1 Å². The molecule has 0 bridgehead atoms. The number of hydrogen-bond acceptors (Lipinski definition) is 3. The average molecular weight is 405 g/mol. The van der Waals surface area contributed by atoms with Crippen molar-refractivity contribution >= 4 is 17.7 Å². The molecule has 6 nitrogen and oxygen atoms in total. The maximum Gasteiger partial charge on any atom is 0.251 e. The number of rotatable bonds is 7. The van der Waals surface area contributed by atoms with Gasteiger partial charge in [0.15, 0.2) is 0 Å². The minimum absolute atomic E-state index is 0.135. The predicted octanol–water partition coefficient (Wildman–Crippen LogP) is 2.86. The van der Waals surface area contributed by atoms with E-state index in [1.807, 2.05) is 52.3 Å². The highest BCUT2D eigenvalue weighted by Gasteiger charge is 2.21. The molecule has 2 heterocycles. The van der Waals surface area contributed by atoms with E-state index in [1.165, 1.54) is 0 Å². The highest BCUT2D eigenvalue weighted by Crippen LogP contribution is 2.17. The van der Waals surface area contributed by atoms with Gasteiger partial charge >= 0.3 is 0 Å². The molecule has 0 unspecified atom stereocenters. The number of likely N-dealkylation sites (tertiary alicyclic amines) is 2. The predicted molar refractivity (Wildman–Crippen MR) is 113 cm³/mol. The average Bonchev–Trinajstić information content (AvgIpc) is 3.34. The first kappa shape index (κ1) is 20.1. The third-order valence-electron chi connectivity index (χ3n) is 5.72. The number of amides is 3. The zero-order chi connectivity index (χ0) is 20.9. The van der Waals surface area contributed by atoms with E-state index in [-0.39, 0.29) is 17.7 Å². The van der Waals surface area contributed by atoms with Crippen LogP contribution < -0.4 is 5.32 Å². The summed E-state index contributed by atoms with van der Waals surface area (Å²) in [5.74, 6) is 0.259. The molecule has 2 aliphatic rings. The standard InChI is InChI=1S/C24H27N3O3/c28-22-9-3-11-26(22)16-19-6-1-5-18(13-19)15-25-24(30)21-8-2-7-20(14-21)17-27-12-4-10-23(27)29/h1-2,5-8,13-14H,3-4,9-12,15-17H2,(H,25,30). The van der Waals surface area contributed by atoms with Gasteiger partial charge in [0.2, 0.25) is 11.8 Å². The molecule has 2 aliphatic heterocycles. The van der Waals surface area contributed by atoms with Gasteiger partial charge in [0.05, 0.1) is 0 Å². The van der Waals surface area contributed by atoms with Gasteiger partial charge < -0.3 is 15.1 Å². The Morgan fingerprint density at radius 3 is 1.97 bits per heavy atom. The molecule has 0 aromatic heterocycles. The topological polar surface area (TPSA) is 69.7 Å². The van der Waals surface area contributed by atoms with Gasteiger partial charge in [-0.15, -0.1) is 0 Å². The van der Waals surface area contributed by atoms with Crippen LogP contribution in [0.25, 0.3) is 0 Å². The van der Waals surface area contributed by atoms with Crippen LogP contribution in [0.3, 0.4) is 0 Å². The van der Waals surface area contributed by atoms with Crippen molar-refractivity contribution in [3.63, 3.8) is 0 Å². The zero-order valence-corrected chi connectivity index (χ0v) is 17.1. The highest BCUT2D eigenvalue weighted by atomic mass is 16.2. The number of nitrogens with zero attached hydrogens (tertiary/aromatic N) is 2. The largest absolute Gasteiger partial charge is 0.348 e. The number of nitrogens with one attached hydrogen (secondary N) is 1. The number of carbonyl (C=O) groups is 3. The van der Waals surface area contributed by atoms with Gasteiger partial charge in [0.1, 0.15) is 0 Å². The van der Waals surface area contributed by atoms with Crippen LogP contribution in [-0.4, -0.2) is 40.6 Å². The Morgan fingerprint density at radius 1 is 0.800 bits per heavy atom. The summed E-state index contributed by atoms with van der Waals surface area (Å²) in [7, 11) is 0. The number of benzene rings is 2. The molecule has 3 amide bonds. The molecule has 2 fully saturated rings. The monoisotopic (exact) mass is 405 g/mol. The van der Waals surface area contributed by atoms with Crippen molar-refractivity contribution < 1.29 is 14.4 Å². The molecule has 0 radical (unpaired) electrons. The fourth-order valence-corrected chi connectivity index (χ4v) is 4.12. The van der Waals surface area contributed by atoms with Crippen LogP contribution in [0.15, 0.2) is 48.5 Å². The van der Waals surface area contributed by atoms with Crippen LogP contribution in [-0.2, 0) is 29.2 Å². The molecule has 6 heteroatoms. The van der Waals surface area contributed by atoms with Crippen LogP contribution in [0.5, 0.6) is 0 Å². The Balaban J connectivity index is 1.34. The summed E-state index contributed by atoms with van der Waals surface area (Å²) in [4.78, 5) is 40.0. The fraction of sp³-hybridized carbons (Fsp3) is 0.375. The van der Waals surface area contributed by atoms with Gasteiger partial charge in [-0.3, -0.25) is 14.4 Å². The molecule has 1 N–H and O–H groups in total. The van der Waals surface area contributed by atoms with Crippen molar-refractivity contribution in [2.24, 2.45) is 0 Å². The van der Waals surface area contributed by atoms with Crippen LogP contribution >= 0.6 is 0 Å². The van der Waals surface area contributed by atoms with Crippen LogP contribution in [0.1, 0.15) is 52.7 Å². The summed E-state index contributed by atoms with van der Waals surface area (Å²) in [5.41, 5.74) is 3.65. The maximum absolute atomic E-state index is 12.6. The lowest BCUT2D eigenvalue weighted by atomic mass is 10.1. The van der Waals surface area contributed by atoms with Crippen molar-refractivity contribution in [3.05, 3.63) is 70.8 Å². The first-order valence-electron chi connectivity index (χ1n) is 10.6. The van der Waals surface area contributed by atoms with E-state index >= 15 is 0 Å². The first-order chi connectivity index (χ1) is 14.6. The lowest BCUT2D eigenvalue weighted by molar-refractivity contribution is -0.129. The molecule has 2 aromatic carbocycles. The first-order valence-corrected chi connectivity index (χ1v) is 10.6. The Labute approximate surface area is 176 Å². The Bertz CT molecular complexity index is 956. The SMILES string of the molecule is O=C(NCc1cccc(CN2CCCC2=O)c1)c1cccc(CN2CCCC2=O)c1.